The summed E-state index contributed by atoms with van der Waals surface area (Å²) in [6.07, 6.45) is 4.44. The number of aromatic nitrogens is 1. The molecule has 5 nitrogen and oxygen atoms in total. The molecule has 5 heteroatoms. The number of carboxylic acid groups (broad SMARTS) is 1. The zero-order valence-electron chi connectivity index (χ0n) is 11.0. The van der Waals surface area contributed by atoms with Gasteiger partial charge < -0.3 is 14.9 Å². The standard InChI is InChI=1S/C14H20N2O3/c17-14(18)6-10-3-4-15-8-11(10)5-12-7-13(19-16-12)9-1-2-9/h7,9-11,15H,1-6,8H2,(H,17,18). The fraction of sp³-hybridized carbons (Fsp3) is 0.714. The molecule has 1 aliphatic heterocycles. The Labute approximate surface area is 112 Å². The van der Waals surface area contributed by atoms with Gasteiger partial charge in [-0.3, -0.25) is 4.79 Å². The van der Waals surface area contributed by atoms with Gasteiger partial charge >= 0.3 is 5.97 Å². The number of hydrogen-bond donors (Lipinski definition) is 2. The summed E-state index contributed by atoms with van der Waals surface area (Å²) in [7, 11) is 0. The van der Waals surface area contributed by atoms with E-state index in [-0.39, 0.29) is 12.3 Å². The zero-order valence-corrected chi connectivity index (χ0v) is 11.0. The quantitative estimate of drug-likeness (QED) is 0.848. The first-order valence-corrected chi connectivity index (χ1v) is 7.10. The van der Waals surface area contributed by atoms with Gasteiger partial charge in [-0.05, 0) is 50.6 Å². The number of piperidine rings is 1. The lowest BCUT2D eigenvalue weighted by Gasteiger charge is -2.30. The summed E-state index contributed by atoms with van der Waals surface area (Å²) < 4.78 is 5.36. The van der Waals surface area contributed by atoms with Gasteiger partial charge in [0.15, 0.2) is 0 Å². The van der Waals surface area contributed by atoms with E-state index >= 15 is 0 Å². The van der Waals surface area contributed by atoms with Gasteiger partial charge in [-0.15, -0.1) is 0 Å². The summed E-state index contributed by atoms with van der Waals surface area (Å²) in [5.74, 6) is 1.49. The van der Waals surface area contributed by atoms with E-state index in [1.54, 1.807) is 0 Å². The van der Waals surface area contributed by atoms with Gasteiger partial charge in [0.2, 0.25) is 0 Å². The molecule has 2 unspecified atom stereocenters. The SMILES string of the molecule is O=C(O)CC1CCNCC1Cc1cc(C2CC2)on1. The van der Waals surface area contributed by atoms with Gasteiger partial charge in [0.1, 0.15) is 5.76 Å². The molecule has 1 aliphatic carbocycles. The molecule has 0 amide bonds. The van der Waals surface area contributed by atoms with Crippen molar-refractivity contribution >= 4 is 5.97 Å². The van der Waals surface area contributed by atoms with Crippen LogP contribution in [0.2, 0.25) is 0 Å². The number of carbonyl (C=O) groups is 1. The van der Waals surface area contributed by atoms with Crippen LogP contribution >= 0.6 is 0 Å². The second kappa shape index (κ2) is 5.33. The van der Waals surface area contributed by atoms with E-state index in [4.69, 9.17) is 9.63 Å². The topological polar surface area (TPSA) is 75.4 Å². The molecule has 1 aromatic rings. The highest BCUT2D eigenvalue weighted by Gasteiger charge is 2.30. The van der Waals surface area contributed by atoms with E-state index in [2.05, 4.69) is 16.5 Å². The highest BCUT2D eigenvalue weighted by molar-refractivity contribution is 5.67. The molecule has 2 aliphatic rings. The van der Waals surface area contributed by atoms with E-state index in [9.17, 15) is 4.79 Å². The van der Waals surface area contributed by atoms with Crippen LogP contribution in [0.1, 0.15) is 43.1 Å². The fourth-order valence-electron chi connectivity index (χ4n) is 2.96. The van der Waals surface area contributed by atoms with Crippen LogP contribution in [0.4, 0.5) is 0 Å². The van der Waals surface area contributed by atoms with Gasteiger partial charge in [-0.1, -0.05) is 5.16 Å². The first kappa shape index (κ1) is 12.7. The van der Waals surface area contributed by atoms with E-state index < -0.39 is 5.97 Å². The largest absolute Gasteiger partial charge is 0.481 e. The van der Waals surface area contributed by atoms with Crippen molar-refractivity contribution < 1.29 is 14.4 Å². The summed E-state index contributed by atoms with van der Waals surface area (Å²) >= 11 is 0. The maximum absolute atomic E-state index is 10.9. The van der Waals surface area contributed by atoms with E-state index in [1.807, 2.05) is 0 Å². The molecule has 2 N–H and O–H groups in total. The molecule has 0 aromatic carbocycles. The molecular formula is C14H20N2O3. The molecular weight excluding hydrogens is 244 g/mol. The summed E-state index contributed by atoms with van der Waals surface area (Å²) in [6.45, 7) is 1.80. The first-order chi connectivity index (χ1) is 9.22. The molecule has 0 bridgehead atoms. The number of carboxylic acids is 1. The minimum atomic E-state index is -0.698. The van der Waals surface area contributed by atoms with Crippen molar-refractivity contribution in [2.75, 3.05) is 13.1 Å². The predicted molar refractivity (Wildman–Crippen MR) is 68.9 cm³/mol. The summed E-state index contributed by atoms with van der Waals surface area (Å²) in [5, 5.41) is 16.5. The van der Waals surface area contributed by atoms with Crippen molar-refractivity contribution in [3.05, 3.63) is 17.5 Å². The molecule has 1 aromatic heterocycles. The Morgan fingerprint density at radius 3 is 3.00 bits per heavy atom. The number of hydrogen-bond acceptors (Lipinski definition) is 4. The lowest BCUT2D eigenvalue weighted by Crippen LogP contribution is -2.38. The van der Waals surface area contributed by atoms with E-state index in [1.165, 1.54) is 12.8 Å². The average molecular weight is 264 g/mol. The second-order valence-electron chi connectivity index (χ2n) is 5.81. The van der Waals surface area contributed by atoms with Crippen molar-refractivity contribution in [3.63, 3.8) is 0 Å². The number of aliphatic carboxylic acids is 1. The predicted octanol–water partition coefficient (Wildman–Crippen LogP) is 1.79. The molecule has 0 radical (unpaired) electrons. The third kappa shape index (κ3) is 3.15. The van der Waals surface area contributed by atoms with Crippen molar-refractivity contribution in [3.8, 4) is 0 Å². The molecule has 1 saturated heterocycles. The Bertz CT molecular complexity index is 453. The third-order valence-electron chi connectivity index (χ3n) is 4.23. The van der Waals surface area contributed by atoms with Crippen LogP contribution in [0.15, 0.2) is 10.6 Å². The Balaban J connectivity index is 1.63. The van der Waals surface area contributed by atoms with Gasteiger partial charge in [-0.2, -0.15) is 0 Å². The maximum atomic E-state index is 10.9. The van der Waals surface area contributed by atoms with Crippen LogP contribution in [0, 0.1) is 11.8 Å². The first-order valence-electron chi connectivity index (χ1n) is 7.10. The Morgan fingerprint density at radius 1 is 1.42 bits per heavy atom. The van der Waals surface area contributed by atoms with E-state index in [0.717, 1.165) is 37.4 Å². The Morgan fingerprint density at radius 2 is 2.26 bits per heavy atom. The van der Waals surface area contributed by atoms with Crippen LogP contribution in [0.25, 0.3) is 0 Å². The van der Waals surface area contributed by atoms with Crippen LogP contribution in [0.3, 0.4) is 0 Å². The van der Waals surface area contributed by atoms with Crippen molar-refractivity contribution in [2.24, 2.45) is 11.8 Å². The lowest BCUT2D eigenvalue weighted by atomic mass is 9.81. The van der Waals surface area contributed by atoms with Crippen molar-refractivity contribution in [1.82, 2.24) is 10.5 Å². The van der Waals surface area contributed by atoms with Crippen LogP contribution in [-0.2, 0) is 11.2 Å². The number of nitrogens with zero attached hydrogens (tertiary/aromatic N) is 1. The molecule has 3 rings (SSSR count). The molecule has 2 fully saturated rings. The number of nitrogens with one attached hydrogen (secondary N) is 1. The highest BCUT2D eigenvalue weighted by Crippen LogP contribution is 2.40. The van der Waals surface area contributed by atoms with Gasteiger partial charge in [-0.25, -0.2) is 0 Å². The zero-order chi connectivity index (χ0) is 13.2. The van der Waals surface area contributed by atoms with Crippen LogP contribution < -0.4 is 5.32 Å². The monoisotopic (exact) mass is 264 g/mol. The lowest BCUT2D eigenvalue weighted by molar-refractivity contribution is -0.138. The molecule has 2 atom stereocenters. The smallest absolute Gasteiger partial charge is 0.303 e. The van der Waals surface area contributed by atoms with Gasteiger partial charge in [0, 0.05) is 18.4 Å². The summed E-state index contributed by atoms with van der Waals surface area (Å²) in [5.41, 5.74) is 0.978. The Kier molecular flexibility index (Phi) is 3.55. The van der Waals surface area contributed by atoms with Crippen LogP contribution in [-0.4, -0.2) is 29.3 Å². The molecule has 2 heterocycles. The minimum Gasteiger partial charge on any atom is -0.481 e. The summed E-state index contributed by atoms with van der Waals surface area (Å²) in [6, 6.07) is 2.06. The highest BCUT2D eigenvalue weighted by atomic mass is 16.5. The van der Waals surface area contributed by atoms with Crippen molar-refractivity contribution in [2.45, 2.75) is 38.0 Å². The van der Waals surface area contributed by atoms with Gasteiger partial charge in [0.05, 0.1) is 5.69 Å². The molecule has 19 heavy (non-hydrogen) atoms. The maximum Gasteiger partial charge on any atom is 0.303 e. The second-order valence-corrected chi connectivity index (χ2v) is 5.81. The third-order valence-corrected chi connectivity index (χ3v) is 4.23. The average Bonchev–Trinajstić information content (AvgIpc) is 3.12. The molecule has 104 valence electrons. The normalized spacial score (nSPS) is 27.4. The Hall–Kier alpha value is -1.36. The number of rotatable bonds is 5. The molecule has 0 spiro atoms. The van der Waals surface area contributed by atoms with Gasteiger partial charge in [0.25, 0.3) is 0 Å². The van der Waals surface area contributed by atoms with Crippen LogP contribution in [0.5, 0.6) is 0 Å². The summed E-state index contributed by atoms with van der Waals surface area (Å²) in [4.78, 5) is 10.9. The molecule has 1 saturated carbocycles. The van der Waals surface area contributed by atoms with E-state index in [0.29, 0.717) is 11.8 Å². The minimum absolute atomic E-state index is 0.250. The van der Waals surface area contributed by atoms with Crippen molar-refractivity contribution in [1.29, 1.82) is 0 Å². The fourth-order valence-corrected chi connectivity index (χ4v) is 2.96.